The summed E-state index contributed by atoms with van der Waals surface area (Å²) in [6, 6.07) is 12.0. The first-order chi connectivity index (χ1) is 31.1. The molecule has 6 amide bonds. The SMILES string of the molecule is CC1(NC(=O)OC(C)(C)C)CCN(c2cnc(Sc3cccc(NC(=O)COCCOCCOCCOCC(=O)NCc4ccc5c(c4)CN(C4CCC(=O)NC4=O)C5=O)c3)cn2)CC1. The van der Waals surface area contributed by atoms with Crippen molar-refractivity contribution < 1.29 is 52.5 Å². The Kier molecular flexibility index (Phi) is 17.2. The van der Waals surface area contributed by atoms with Crippen molar-refractivity contribution in [2.45, 2.75) is 93.6 Å². The van der Waals surface area contributed by atoms with E-state index in [2.05, 4.69) is 36.1 Å². The number of hydrogen-bond donors (Lipinski definition) is 4. The van der Waals surface area contributed by atoms with Crippen molar-refractivity contribution in [1.82, 2.24) is 30.8 Å². The molecule has 65 heavy (non-hydrogen) atoms. The number of rotatable bonds is 21. The fourth-order valence-corrected chi connectivity index (χ4v) is 8.05. The quantitative estimate of drug-likeness (QED) is 0.0885. The number of anilines is 2. The third kappa shape index (κ3) is 15.2. The molecule has 0 saturated carbocycles. The molecule has 20 heteroatoms. The lowest BCUT2D eigenvalue weighted by Crippen LogP contribution is -2.54. The van der Waals surface area contributed by atoms with Gasteiger partial charge >= 0.3 is 6.09 Å². The van der Waals surface area contributed by atoms with E-state index < -0.39 is 23.6 Å². The average Bonchev–Trinajstić information content (AvgIpc) is 3.57. The maximum absolute atomic E-state index is 12.9. The summed E-state index contributed by atoms with van der Waals surface area (Å²) < 4.78 is 27.3. The second-order valence-corrected chi connectivity index (χ2v) is 18.2. The van der Waals surface area contributed by atoms with E-state index in [0.717, 1.165) is 47.8 Å². The molecule has 3 aromatic rings. The van der Waals surface area contributed by atoms with Gasteiger partial charge in [0.15, 0.2) is 0 Å². The largest absolute Gasteiger partial charge is 0.444 e. The Balaban J connectivity index is 0.761. The van der Waals surface area contributed by atoms with Gasteiger partial charge in [0.2, 0.25) is 23.6 Å². The third-order valence-electron chi connectivity index (χ3n) is 10.6. The number of fused-ring (bicyclic) bond motifs is 1. The number of nitrogens with zero attached hydrogens (tertiary/aromatic N) is 4. The highest BCUT2D eigenvalue weighted by atomic mass is 32.2. The predicted octanol–water partition coefficient (Wildman–Crippen LogP) is 3.59. The number of carbonyl (C=O) groups is 6. The number of piperidine rings is 2. The molecule has 19 nitrogen and oxygen atoms in total. The van der Waals surface area contributed by atoms with Crippen LogP contribution in [0.2, 0.25) is 0 Å². The van der Waals surface area contributed by atoms with Crippen molar-refractivity contribution in [2.75, 3.05) is 76.2 Å². The molecule has 2 saturated heterocycles. The molecule has 1 unspecified atom stereocenters. The molecule has 1 atom stereocenters. The highest BCUT2D eigenvalue weighted by Gasteiger charge is 2.39. The van der Waals surface area contributed by atoms with Gasteiger partial charge in [-0.15, -0.1) is 0 Å². The number of carbonyl (C=O) groups excluding carboxylic acids is 6. The Morgan fingerprint density at radius 3 is 2.23 bits per heavy atom. The number of amides is 6. The van der Waals surface area contributed by atoms with Crippen LogP contribution in [0.4, 0.5) is 16.3 Å². The van der Waals surface area contributed by atoms with E-state index in [-0.39, 0.29) is 88.3 Å². The molecule has 3 aliphatic heterocycles. The molecular weight excluding hydrogens is 861 g/mol. The summed E-state index contributed by atoms with van der Waals surface area (Å²) in [4.78, 5) is 87.6. The predicted molar refractivity (Wildman–Crippen MR) is 238 cm³/mol. The van der Waals surface area contributed by atoms with Gasteiger partial charge < -0.3 is 49.4 Å². The van der Waals surface area contributed by atoms with Gasteiger partial charge in [-0.1, -0.05) is 30.0 Å². The minimum atomic E-state index is -0.682. The molecule has 3 aliphatic rings. The lowest BCUT2D eigenvalue weighted by atomic mass is 9.90. The summed E-state index contributed by atoms with van der Waals surface area (Å²) in [6.45, 7) is 10.8. The molecule has 6 rings (SSSR count). The Labute approximate surface area is 382 Å². The van der Waals surface area contributed by atoms with Gasteiger partial charge in [0.1, 0.15) is 35.7 Å². The molecule has 4 N–H and O–H groups in total. The molecule has 2 fully saturated rings. The van der Waals surface area contributed by atoms with Crippen molar-refractivity contribution >= 4 is 58.9 Å². The number of hydrogen-bond acceptors (Lipinski definition) is 15. The maximum Gasteiger partial charge on any atom is 0.408 e. The lowest BCUT2D eigenvalue weighted by Gasteiger charge is -2.40. The molecule has 0 radical (unpaired) electrons. The zero-order valence-corrected chi connectivity index (χ0v) is 38.1. The summed E-state index contributed by atoms with van der Waals surface area (Å²) in [5, 5.41) is 11.7. The van der Waals surface area contributed by atoms with E-state index in [1.54, 1.807) is 30.6 Å². The van der Waals surface area contributed by atoms with Gasteiger partial charge in [-0.05, 0) is 82.3 Å². The maximum atomic E-state index is 12.9. The average molecular weight is 919 g/mol. The molecule has 0 aliphatic carbocycles. The summed E-state index contributed by atoms with van der Waals surface area (Å²) in [5.74, 6) is -0.875. The van der Waals surface area contributed by atoms with E-state index in [4.69, 9.17) is 23.7 Å². The van der Waals surface area contributed by atoms with E-state index in [1.165, 1.54) is 16.7 Å². The lowest BCUT2D eigenvalue weighted by molar-refractivity contribution is -0.137. The summed E-state index contributed by atoms with van der Waals surface area (Å²) in [5.41, 5.74) is 1.79. The van der Waals surface area contributed by atoms with E-state index in [0.29, 0.717) is 35.9 Å². The van der Waals surface area contributed by atoms with Crippen LogP contribution in [-0.4, -0.2) is 134 Å². The van der Waals surface area contributed by atoms with Crippen molar-refractivity contribution in [2.24, 2.45) is 0 Å². The van der Waals surface area contributed by atoms with Crippen LogP contribution in [0.15, 0.2) is 64.8 Å². The van der Waals surface area contributed by atoms with Crippen molar-refractivity contribution in [3.63, 3.8) is 0 Å². The second-order valence-electron chi connectivity index (χ2n) is 17.1. The van der Waals surface area contributed by atoms with E-state index in [1.807, 2.05) is 52.0 Å². The first-order valence-electron chi connectivity index (χ1n) is 21.6. The van der Waals surface area contributed by atoms with Crippen LogP contribution >= 0.6 is 11.8 Å². The van der Waals surface area contributed by atoms with Gasteiger partial charge in [0, 0.05) is 54.3 Å². The zero-order valence-electron chi connectivity index (χ0n) is 37.3. The van der Waals surface area contributed by atoms with Gasteiger partial charge in [-0.2, -0.15) is 0 Å². The molecule has 0 bridgehead atoms. The van der Waals surface area contributed by atoms with Gasteiger partial charge in [0.25, 0.3) is 5.91 Å². The zero-order chi connectivity index (χ0) is 46.4. The van der Waals surface area contributed by atoms with Crippen LogP contribution in [0.25, 0.3) is 0 Å². The monoisotopic (exact) mass is 918 g/mol. The fourth-order valence-electron chi connectivity index (χ4n) is 7.26. The number of aromatic nitrogens is 2. The first-order valence-corrected chi connectivity index (χ1v) is 22.4. The van der Waals surface area contributed by atoms with E-state index in [9.17, 15) is 28.8 Å². The molecule has 0 spiro atoms. The highest BCUT2D eigenvalue weighted by molar-refractivity contribution is 7.99. The Morgan fingerprint density at radius 1 is 0.877 bits per heavy atom. The number of benzene rings is 2. The van der Waals surface area contributed by atoms with Crippen LogP contribution in [0.5, 0.6) is 0 Å². The second kappa shape index (κ2) is 23.0. The van der Waals surface area contributed by atoms with Crippen molar-refractivity contribution in [1.29, 1.82) is 0 Å². The van der Waals surface area contributed by atoms with Crippen LogP contribution < -0.4 is 26.2 Å². The van der Waals surface area contributed by atoms with Gasteiger partial charge in [-0.25, -0.2) is 14.8 Å². The topological polar surface area (TPSA) is 229 Å². The van der Waals surface area contributed by atoms with Crippen molar-refractivity contribution in [3.05, 3.63) is 71.5 Å². The van der Waals surface area contributed by atoms with Crippen LogP contribution in [-0.2, 0) is 56.0 Å². The molecule has 1 aromatic heterocycles. The van der Waals surface area contributed by atoms with Crippen LogP contribution in [0.3, 0.4) is 0 Å². The van der Waals surface area contributed by atoms with Crippen LogP contribution in [0, 0.1) is 0 Å². The number of nitrogens with one attached hydrogen (secondary N) is 4. The number of ether oxygens (including phenoxy) is 5. The standard InChI is InChI=1S/C45H58N8O11S/c1-44(2,3)64-43(59)51-45(4)12-14-52(15-13-45)36-25-48-40(26-46-36)65-33-7-5-6-32(23-33)49-39(56)29-63-21-19-61-17-16-60-18-20-62-28-38(55)47-24-30-8-9-34-31(22-30)27-53(42(34)58)35-10-11-37(54)50-41(35)57/h5-9,22-23,25-26,35H,10-21,24,27-29H2,1-4H3,(H,47,55)(H,49,56)(H,51,59)(H,50,54,57). The smallest absolute Gasteiger partial charge is 0.408 e. The minimum Gasteiger partial charge on any atom is -0.444 e. The number of imide groups is 1. The normalized spacial score (nSPS) is 17.0. The Morgan fingerprint density at radius 2 is 1.57 bits per heavy atom. The minimum absolute atomic E-state index is 0.138. The highest BCUT2D eigenvalue weighted by Crippen LogP contribution is 2.31. The summed E-state index contributed by atoms with van der Waals surface area (Å²) in [7, 11) is 0. The molecule has 2 aromatic carbocycles. The summed E-state index contributed by atoms with van der Waals surface area (Å²) in [6.07, 6.45) is 5.05. The summed E-state index contributed by atoms with van der Waals surface area (Å²) >= 11 is 1.43. The Bertz CT molecular complexity index is 2160. The fraction of sp³-hybridized carbons (Fsp3) is 0.511. The van der Waals surface area contributed by atoms with Crippen molar-refractivity contribution in [3.8, 4) is 0 Å². The Hall–Kier alpha value is -5.67. The molecule has 4 heterocycles. The van der Waals surface area contributed by atoms with Gasteiger partial charge in [-0.3, -0.25) is 29.3 Å². The molecular formula is C45H58N8O11S. The first kappa shape index (κ1) is 48.8. The van der Waals surface area contributed by atoms with Gasteiger partial charge in [0.05, 0.1) is 52.0 Å². The van der Waals surface area contributed by atoms with Crippen LogP contribution in [0.1, 0.15) is 74.9 Å². The molecule has 350 valence electrons. The van der Waals surface area contributed by atoms with E-state index >= 15 is 0 Å². The number of alkyl carbamates (subject to hydrolysis) is 1. The third-order valence-corrected chi connectivity index (χ3v) is 11.5.